The number of nitrogens with one attached hydrogen (secondary N) is 1. The van der Waals surface area contributed by atoms with Gasteiger partial charge in [-0.3, -0.25) is 14.3 Å². The number of hydrogen-bond donors (Lipinski definition) is 1. The highest BCUT2D eigenvalue weighted by Crippen LogP contribution is 2.16. The normalized spacial score (nSPS) is 17.1. The number of fused-ring (bicyclic) bond motifs is 1. The van der Waals surface area contributed by atoms with E-state index in [1.807, 2.05) is 36.6 Å². The summed E-state index contributed by atoms with van der Waals surface area (Å²) in [7, 11) is 1.80. The van der Waals surface area contributed by atoms with Gasteiger partial charge in [-0.05, 0) is 25.5 Å². The second-order valence-corrected chi connectivity index (χ2v) is 6.97. The van der Waals surface area contributed by atoms with E-state index in [0.29, 0.717) is 30.2 Å². The van der Waals surface area contributed by atoms with Gasteiger partial charge < -0.3 is 19.4 Å². The molecule has 4 rings (SSSR count). The van der Waals surface area contributed by atoms with Crippen molar-refractivity contribution < 1.29 is 14.3 Å². The number of pyridine rings is 1. The van der Waals surface area contributed by atoms with Crippen molar-refractivity contribution in [3.05, 3.63) is 47.7 Å². The number of anilines is 1. The molecule has 0 aliphatic carbocycles. The highest BCUT2D eigenvalue weighted by atomic mass is 16.5. The van der Waals surface area contributed by atoms with Crippen LogP contribution in [0.25, 0.3) is 5.65 Å². The molecule has 0 saturated carbocycles. The Labute approximate surface area is 161 Å². The minimum atomic E-state index is -0.739. The zero-order valence-corrected chi connectivity index (χ0v) is 16.0. The first-order valence-corrected chi connectivity index (χ1v) is 9.08. The van der Waals surface area contributed by atoms with Crippen LogP contribution in [-0.2, 0) is 16.6 Å². The van der Waals surface area contributed by atoms with Gasteiger partial charge in [-0.25, -0.2) is 4.98 Å². The summed E-state index contributed by atoms with van der Waals surface area (Å²) in [5.41, 5.74) is 3.63. The highest BCUT2D eigenvalue weighted by Gasteiger charge is 2.31. The summed E-state index contributed by atoms with van der Waals surface area (Å²) in [5.74, 6) is -0.501. The van der Waals surface area contributed by atoms with Crippen LogP contribution in [0, 0.1) is 13.8 Å². The number of aromatic nitrogens is 4. The summed E-state index contributed by atoms with van der Waals surface area (Å²) in [5, 5.41) is 6.93. The van der Waals surface area contributed by atoms with E-state index >= 15 is 0 Å². The lowest BCUT2D eigenvalue weighted by Crippen LogP contribution is -2.50. The number of imidazole rings is 1. The number of hydrogen-bond acceptors (Lipinski definition) is 5. The minimum absolute atomic E-state index is 0.177. The largest absolute Gasteiger partial charge is 0.365 e. The lowest BCUT2D eigenvalue weighted by molar-refractivity contribution is -0.131. The lowest BCUT2D eigenvalue weighted by atomic mass is 10.2. The second kappa shape index (κ2) is 7.08. The van der Waals surface area contributed by atoms with Crippen molar-refractivity contribution in [3.8, 4) is 0 Å². The molecule has 1 atom stereocenters. The fraction of sp³-hybridized carbons (Fsp3) is 0.368. The van der Waals surface area contributed by atoms with Gasteiger partial charge in [0.15, 0.2) is 6.10 Å². The fourth-order valence-corrected chi connectivity index (χ4v) is 3.20. The number of rotatable bonds is 3. The van der Waals surface area contributed by atoms with Crippen LogP contribution in [0.2, 0.25) is 0 Å². The number of amides is 2. The molecule has 1 unspecified atom stereocenters. The van der Waals surface area contributed by atoms with Crippen molar-refractivity contribution in [1.29, 1.82) is 0 Å². The monoisotopic (exact) mass is 382 g/mol. The first-order chi connectivity index (χ1) is 13.4. The van der Waals surface area contributed by atoms with Gasteiger partial charge in [-0.15, -0.1) is 0 Å². The van der Waals surface area contributed by atoms with Crippen LogP contribution in [0.4, 0.5) is 5.69 Å². The number of nitrogens with zero attached hydrogens (tertiary/aromatic N) is 5. The Morgan fingerprint density at radius 1 is 1.25 bits per heavy atom. The molecular formula is C19H22N6O3. The molecule has 1 N–H and O–H groups in total. The summed E-state index contributed by atoms with van der Waals surface area (Å²) >= 11 is 0. The van der Waals surface area contributed by atoms with Crippen molar-refractivity contribution in [3.63, 3.8) is 0 Å². The van der Waals surface area contributed by atoms with E-state index in [4.69, 9.17) is 4.74 Å². The minimum Gasteiger partial charge on any atom is -0.365 e. The molecule has 0 radical (unpaired) electrons. The van der Waals surface area contributed by atoms with Crippen molar-refractivity contribution >= 4 is 23.1 Å². The lowest BCUT2D eigenvalue weighted by Gasteiger charge is -2.31. The zero-order chi connectivity index (χ0) is 19.8. The Kier molecular flexibility index (Phi) is 4.60. The van der Waals surface area contributed by atoms with E-state index in [9.17, 15) is 9.59 Å². The third-order valence-electron chi connectivity index (χ3n) is 4.96. The van der Waals surface area contributed by atoms with E-state index in [0.717, 1.165) is 11.3 Å². The summed E-state index contributed by atoms with van der Waals surface area (Å²) in [6.07, 6.45) is 4.49. The predicted octanol–water partition coefficient (Wildman–Crippen LogP) is 1.16. The van der Waals surface area contributed by atoms with E-state index in [1.165, 1.54) is 0 Å². The van der Waals surface area contributed by atoms with Gasteiger partial charge in [-0.1, -0.05) is 6.07 Å². The number of carbonyl (C=O) groups excluding carboxylic acids is 2. The standard InChI is InChI=1S/C19H22N6O3/c1-12-4-5-17-21-15(10-25(17)9-12)19(27)24-6-7-28-16(11-24)18(26)22-14-8-20-23(3)13(14)2/h4-5,8-10,16H,6-7,11H2,1-3H3,(H,22,26). The average molecular weight is 382 g/mol. The van der Waals surface area contributed by atoms with Crippen LogP contribution in [0.5, 0.6) is 0 Å². The molecule has 146 valence electrons. The summed E-state index contributed by atoms with van der Waals surface area (Å²) in [6, 6.07) is 3.82. The number of morpholine rings is 1. The van der Waals surface area contributed by atoms with E-state index in [2.05, 4.69) is 15.4 Å². The van der Waals surface area contributed by atoms with Gasteiger partial charge in [-0.2, -0.15) is 5.10 Å². The first-order valence-electron chi connectivity index (χ1n) is 9.08. The molecule has 2 amide bonds. The van der Waals surface area contributed by atoms with E-state index < -0.39 is 6.10 Å². The van der Waals surface area contributed by atoms with Crippen LogP contribution < -0.4 is 5.32 Å². The molecule has 1 aliphatic rings. The third-order valence-corrected chi connectivity index (χ3v) is 4.96. The molecule has 3 aromatic rings. The molecule has 0 bridgehead atoms. The van der Waals surface area contributed by atoms with Gasteiger partial charge in [0, 0.05) is 26.0 Å². The maximum atomic E-state index is 12.9. The Hall–Kier alpha value is -3.20. The Bertz CT molecular complexity index is 1050. The molecule has 0 spiro atoms. The second-order valence-electron chi connectivity index (χ2n) is 6.97. The quantitative estimate of drug-likeness (QED) is 0.734. The maximum absolute atomic E-state index is 12.9. The number of ether oxygens (including phenoxy) is 1. The van der Waals surface area contributed by atoms with Crippen molar-refractivity contribution in [2.24, 2.45) is 7.05 Å². The van der Waals surface area contributed by atoms with E-state index in [1.54, 1.807) is 29.0 Å². The summed E-state index contributed by atoms with van der Waals surface area (Å²) in [6.45, 7) is 4.74. The SMILES string of the molecule is Cc1ccc2nc(C(=O)N3CCOC(C(=O)Nc4cnn(C)c4C)C3)cn2c1. The van der Waals surface area contributed by atoms with Gasteiger partial charge in [0.1, 0.15) is 11.3 Å². The third kappa shape index (κ3) is 3.36. The van der Waals surface area contributed by atoms with Crippen LogP contribution in [0.3, 0.4) is 0 Å². The maximum Gasteiger partial charge on any atom is 0.274 e. The molecule has 4 heterocycles. The molecule has 28 heavy (non-hydrogen) atoms. The summed E-state index contributed by atoms with van der Waals surface area (Å²) < 4.78 is 9.10. The van der Waals surface area contributed by atoms with Gasteiger partial charge in [0.2, 0.25) is 0 Å². The Balaban J connectivity index is 1.47. The topological polar surface area (TPSA) is 93.8 Å². The fourth-order valence-electron chi connectivity index (χ4n) is 3.20. The van der Waals surface area contributed by atoms with Crippen molar-refractivity contribution in [2.45, 2.75) is 20.0 Å². The van der Waals surface area contributed by atoms with Gasteiger partial charge in [0.05, 0.1) is 30.7 Å². The first kappa shape index (κ1) is 18.2. The van der Waals surface area contributed by atoms with Crippen LogP contribution >= 0.6 is 0 Å². The zero-order valence-electron chi connectivity index (χ0n) is 16.0. The summed E-state index contributed by atoms with van der Waals surface area (Å²) in [4.78, 5) is 31.5. The van der Waals surface area contributed by atoms with Gasteiger partial charge >= 0.3 is 0 Å². The molecule has 9 heteroatoms. The molecular weight excluding hydrogens is 360 g/mol. The van der Waals surface area contributed by atoms with Crippen LogP contribution in [0.15, 0.2) is 30.7 Å². The van der Waals surface area contributed by atoms with E-state index in [-0.39, 0.29) is 18.4 Å². The number of aryl methyl sites for hydroxylation is 2. The number of carbonyl (C=O) groups is 2. The predicted molar refractivity (Wildman–Crippen MR) is 102 cm³/mol. The van der Waals surface area contributed by atoms with Crippen molar-refractivity contribution in [1.82, 2.24) is 24.1 Å². The Morgan fingerprint density at radius 3 is 2.82 bits per heavy atom. The molecule has 1 aliphatic heterocycles. The molecule has 1 saturated heterocycles. The highest BCUT2D eigenvalue weighted by molar-refractivity contribution is 5.96. The smallest absolute Gasteiger partial charge is 0.274 e. The molecule has 0 aromatic carbocycles. The average Bonchev–Trinajstić information content (AvgIpc) is 3.25. The Morgan fingerprint density at radius 2 is 2.07 bits per heavy atom. The molecule has 9 nitrogen and oxygen atoms in total. The van der Waals surface area contributed by atoms with Crippen molar-refractivity contribution in [2.75, 3.05) is 25.0 Å². The van der Waals surface area contributed by atoms with Gasteiger partial charge in [0.25, 0.3) is 11.8 Å². The molecule has 1 fully saturated rings. The van der Waals surface area contributed by atoms with Crippen LogP contribution in [-0.4, -0.2) is 61.7 Å². The van der Waals surface area contributed by atoms with Crippen LogP contribution in [0.1, 0.15) is 21.7 Å². The molecule has 3 aromatic heterocycles.